The van der Waals surface area contributed by atoms with Gasteiger partial charge in [-0.1, -0.05) is 74.6 Å². The van der Waals surface area contributed by atoms with Gasteiger partial charge in [0.2, 0.25) is 0 Å². The lowest BCUT2D eigenvalue weighted by molar-refractivity contribution is 0.504. The smallest absolute Gasteiger partial charge is 0.329 e. The Hall–Kier alpha value is -3.97. The van der Waals surface area contributed by atoms with E-state index >= 15 is 0 Å². The Balaban J connectivity index is 1.64. The van der Waals surface area contributed by atoms with Gasteiger partial charge in [-0.15, -0.1) is 0 Å². The Bertz CT molecular complexity index is 1610. The minimum atomic E-state index is -0.0932. The Morgan fingerprint density at radius 2 is 1.69 bits per heavy atom. The van der Waals surface area contributed by atoms with Gasteiger partial charge in [0.05, 0.1) is 16.6 Å². The standard InChI is InChI=1S/C29H29N5OS/c1-20(2)17-34-25-19-33(18-21-12-14-22(15-13-21)24-11-7-8-16-30-24)27(31-23-9-5-4-6-10-23)26(25)28(36)32(3)29(34)35/h4-16,19-20,31H,17-18H2,1-3H3. The molecule has 6 nitrogen and oxygen atoms in total. The largest absolute Gasteiger partial charge is 0.341 e. The Labute approximate surface area is 215 Å². The molecule has 0 aliphatic heterocycles. The third-order valence-electron chi connectivity index (χ3n) is 6.24. The van der Waals surface area contributed by atoms with E-state index < -0.39 is 0 Å². The molecule has 0 saturated heterocycles. The van der Waals surface area contributed by atoms with Crippen LogP contribution in [0.5, 0.6) is 0 Å². The molecular weight excluding hydrogens is 466 g/mol. The summed E-state index contributed by atoms with van der Waals surface area (Å²) in [5.41, 5.74) is 4.88. The lowest BCUT2D eigenvalue weighted by Crippen LogP contribution is -2.31. The molecule has 0 aliphatic rings. The van der Waals surface area contributed by atoms with E-state index in [-0.39, 0.29) is 5.69 Å². The lowest BCUT2D eigenvalue weighted by Gasteiger charge is -2.14. The summed E-state index contributed by atoms with van der Waals surface area (Å²) in [5, 5.41) is 4.46. The second kappa shape index (κ2) is 9.95. The van der Waals surface area contributed by atoms with Crippen molar-refractivity contribution in [3.63, 3.8) is 0 Å². The van der Waals surface area contributed by atoms with Crippen LogP contribution in [0, 0.1) is 10.6 Å². The van der Waals surface area contributed by atoms with Crippen LogP contribution < -0.4 is 11.0 Å². The van der Waals surface area contributed by atoms with Gasteiger partial charge in [0, 0.05) is 43.8 Å². The number of aromatic nitrogens is 4. The highest BCUT2D eigenvalue weighted by molar-refractivity contribution is 7.71. The van der Waals surface area contributed by atoms with Gasteiger partial charge < -0.3 is 9.88 Å². The third kappa shape index (κ3) is 4.62. The van der Waals surface area contributed by atoms with Gasteiger partial charge in [-0.25, -0.2) is 4.79 Å². The second-order valence-electron chi connectivity index (χ2n) is 9.42. The summed E-state index contributed by atoms with van der Waals surface area (Å²) in [6.45, 7) is 5.47. The number of nitrogens with one attached hydrogen (secondary N) is 1. The summed E-state index contributed by atoms with van der Waals surface area (Å²) in [5.74, 6) is 1.19. The lowest BCUT2D eigenvalue weighted by atomic mass is 10.1. The maximum absolute atomic E-state index is 13.2. The summed E-state index contributed by atoms with van der Waals surface area (Å²) in [6.07, 6.45) is 3.85. The molecule has 0 unspecified atom stereocenters. The Kier molecular flexibility index (Phi) is 6.57. The molecule has 36 heavy (non-hydrogen) atoms. The molecule has 3 heterocycles. The summed E-state index contributed by atoms with van der Waals surface area (Å²) in [4.78, 5) is 17.6. The van der Waals surface area contributed by atoms with Crippen molar-refractivity contribution in [3.05, 3.63) is 106 Å². The van der Waals surface area contributed by atoms with Gasteiger partial charge in [0.15, 0.2) is 0 Å². The van der Waals surface area contributed by atoms with Crippen LogP contribution in [0.2, 0.25) is 0 Å². The highest BCUT2D eigenvalue weighted by atomic mass is 32.1. The van der Waals surface area contributed by atoms with Crippen LogP contribution in [-0.2, 0) is 20.1 Å². The number of benzene rings is 2. The van der Waals surface area contributed by atoms with Gasteiger partial charge in [0.25, 0.3) is 0 Å². The summed E-state index contributed by atoms with van der Waals surface area (Å²) in [6, 6.07) is 24.4. The van der Waals surface area contributed by atoms with Gasteiger partial charge in [0.1, 0.15) is 10.5 Å². The van der Waals surface area contributed by atoms with Crippen molar-refractivity contribution in [3.8, 4) is 11.3 Å². The van der Waals surface area contributed by atoms with Crippen molar-refractivity contribution in [1.29, 1.82) is 0 Å². The number of nitrogens with zero attached hydrogens (tertiary/aromatic N) is 4. The number of hydrogen-bond donors (Lipinski definition) is 1. The molecule has 1 N–H and O–H groups in total. The van der Waals surface area contributed by atoms with E-state index in [1.165, 1.54) is 0 Å². The van der Waals surface area contributed by atoms with Crippen molar-refractivity contribution in [2.75, 3.05) is 5.32 Å². The molecular formula is C29H29N5OS. The van der Waals surface area contributed by atoms with Crippen LogP contribution in [0.15, 0.2) is 90.0 Å². The first kappa shape index (κ1) is 23.8. The first-order valence-corrected chi connectivity index (χ1v) is 12.5. The van der Waals surface area contributed by atoms with E-state index in [4.69, 9.17) is 12.2 Å². The Morgan fingerprint density at radius 3 is 2.36 bits per heavy atom. The third-order valence-corrected chi connectivity index (χ3v) is 6.72. The van der Waals surface area contributed by atoms with Gasteiger partial charge in [-0.2, -0.15) is 0 Å². The molecule has 0 aliphatic carbocycles. The Morgan fingerprint density at radius 1 is 0.972 bits per heavy atom. The van der Waals surface area contributed by atoms with Crippen LogP contribution in [0.4, 0.5) is 11.5 Å². The molecule has 0 saturated carbocycles. The zero-order valence-corrected chi connectivity index (χ0v) is 21.5. The summed E-state index contributed by atoms with van der Waals surface area (Å²) >= 11 is 5.80. The first-order valence-electron chi connectivity index (χ1n) is 12.1. The van der Waals surface area contributed by atoms with E-state index in [9.17, 15) is 4.79 Å². The number of rotatable bonds is 7. The number of fused-ring (bicyclic) bond motifs is 1. The molecule has 0 atom stereocenters. The monoisotopic (exact) mass is 495 g/mol. The normalized spacial score (nSPS) is 11.3. The number of pyridine rings is 1. The molecule has 0 spiro atoms. The molecule has 5 aromatic rings. The number of para-hydroxylation sites is 1. The second-order valence-corrected chi connectivity index (χ2v) is 9.81. The van der Waals surface area contributed by atoms with Gasteiger partial charge >= 0.3 is 5.69 Å². The fraction of sp³-hybridized carbons (Fsp3) is 0.207. The maximum Gasteiger partial charge on any atom is 0.329 e. The first-order chi connectivity index (χ1) is 17.4. The van der Waals surface area contributed by atoms with Crippen LogP contribution >= 0.6 is 12.2 Å². The molecule has 182 valence electrons. The quantitative estimate of drug-likeness (QED) is 0.266. The van der Waals surface area contributed by atoms with Crippen LogP contribution in [0.1, 0.15) is 19.4 Å². The molecule has 7 heteroatoms. The number of hydrogen-bond acceptors (Lipinski definition) is 4. The fourth-order valence-electron chi connectivity index (χ4n) is 4.47. The maximum atomic E-state index is 13.2. The predicted octanol–water partition coefficient (Wildman–Crippen LogP) is 6.38. The molecule has 5 rings (SSSR count). The molecule has 0 amide bonds. The van der Waals surface area contributed by atoms with Crippen molar-refractivity contribution < 1.29 is 0 Å². The van der Waals surface area contributed by atoms with Crippen molar-refractivity contribution in [2.24, 2.45) is 13.0 Å². The highest BCUT2D eigenvalue weighted by Crippen LogP contribution is 2.30. The fourth-order valence-corrected chi connectivity index (χ4v) is 4.75. The van der Waals surface area contributed by atoms with Crippen LogP contribution in [-0.4, -0.2) is 18.7 Å². The zero-order chi connectivity index (χ0) is 25.2. The van der Waals surface area contributed by atoms with E-state index in [0.29, 0.717) is 23.6 Å². The summed E-state index contributed by atoms with van der Waals surface area (Å²) in [7, 11) is 1.75. The zero-order valence-electron chi connectivity index (χ0n) is 20.7. The van der Waals surface area contributed by atoms with Crippen LogP contribution in [0.3, 0.4) is 0 Å². The topological polar surface area (TPSA) is 56.8 Å². The van der Waals surface area contributed by atoms with E-state index in [2.05, 4.69) is 53.0 Å². The van der Waals surface area contributed by atoms with Gasteiger partial charge in [-0.05, 0) is 35.7 Å². The van der Waals surface area contributed by atoms with Crippen molar-refractivity contribution in [2.45, 2.75) is 26.9 Å². The van der Waals surface area contributed by atoms with Crippen LogP contribution in [0.25, 0.3) is 22.2 Å². The predicted molar refractivity (Wildman–Crippen MR) is 149 cm³/mol. The van der Waals surface area contributed by atoms with Crippen molar-refractivity contribution >= 4 is 34.6 Å². The van der Waals surface area contributed by atoms with E-state index in [0.717, 1.165) is 39.2 Å². The number of anilines is 2. The SMILES string of the molecule is CC(C)Cn1c(=O)n(C)c(=S)c2c(Nc3ccccc3)n(Cc3ccc(-c4ccccn4)cc3)cc21. The molecule has 2 aromatic carbocycles. The average Bonchev–Trinajstić information content (AvgIpc) is 3.24. The highest BCUT2D eigenvalue weighted by Gasteiger charge is 2.19. The van der Waals surface area contributed by atoms with Gasteiger partial charge in [-0.3, -0.25) is 14.1 Å². The van der Waals surface area contributed by atoms with Crippen molar-refractivity contribution in [1.82, 2.24) is 18.7 Å². The minimum Gasteiger partial charge on any atom is -0.341 e. The molecule has 3 aromatic heterocycles. The van der Waals surface area contributed by atoms with E-state index in [1.54, 1.807) is 17.8 Å². The molecule has 0 bridgehead atoms. The summed E-state index contributed by atoms with van der Waals surface area (Å²) < 4.78 is 6.09. The van der Waals surface area contributed by atoms with E-state index in [1.807, 2.05) is 59.3 Å². The molecule has 0 radical (unpaired) electrons. The minimum absolute atomic E-state index is 0.0932. The average molecular weight is 496 g/mol. The molecule has 0 fully saturated rings.